The second kappa shape index (κ2) is 6.98. The van der Waals surface area contributed by atoms with Crippen molar-refractivity contribution in [2.75, 3.05) is 5.32 Å². The molecule has 0 aromatic carbocycles. The predicted molar refractivity (Wildman–Crippen MR) is 93.7 cm³/mol. The summed E-state index contributed by atoms with van der Waals surface area (Å²) in [5.74, 6) is 0.494. The minimum absolute atomic E-state index is 0.331. The summed E-state index contributed by atoms with van der Waals surface area (Å²) in [4.78, 5) is 20.8. The first-order valence-electron chi connectivity index (χ1n) is 7.88. The Morgan fingerprint density at radius 2 is 1.96 bits per heavy atom. The summed E-state index contributed by atoms with van der Waals surface area (Å²) < 4.78 is 7.40. The van der Waals surface area contributed by atoms with Gasteiger partial charge in [-0.15, -0.1) is 10.2 Å². The Labute approximate surface area is 148 Å². The van der Waals surface area contributed by atoms with E-state index in [1.54, 1.807) is 53.3 Å². The van der Waals surface area contributed by atoms with Crippen LogP contribution >= 0.6 is 0 Å². The van der Waals surface area contributed by atoms with Crippen molar-refractivity contribution in [3.05, 3.63) is 78.6 Å². The van der Waals surface area contributed by atoms with Crippen molar-refractivity contribution >= 4 is 17.4 Å². The maximum atomic E-state index is 12.7. The second-order valence-electron chi connectivity index (χ2n) is 5.42. The van der Waals surface area contributed by atoms with Crippen molar-refractivity contribution in [3.63, 3.8) is 0 Å². The van der Waals surface area contributed by atoms with Crippen LogP contribution in [0.5, 0.6) is 5.75 Å². The van der Waals surface area contributed by atoms with Gasteiger partial charge in [-0.25, -0.2) is 4.98 Å². The first kappa shape index (κ1) is 15.7. The number of nitrogens with one attached hydrogen (secondary N) is 1. The summed E-state index contributed by atoms with van der Waals surface area (Å²) in [5.41, 5.74) is 1.96. The van der Waals surface area contributed by atoms with Crippen molar-refractivity contribution in [2.45, 2.75) is 6.61 Å². The minimum atomic E-state index is -0.331. The van der Waals surface area contributed by atoms with Crippen molar-refractivity contribution in [2.24, 2.45) is 0 Å². The molecule has 0 atom stereocenters. The Morgan fingerprint density at radius 3 is 2.85 bits per heavy atom. The molecule has 4 rings (SSSR count). The highest BCUT2D eigenvalue weighted by molar-refractivity contribution is 6.03. The lowest BCUT2D eigenvalue weighted by Crippen LogP contribution is -2.17. The van der Waals surface area contributed by atoms with E-state index in [9.17, 15) is 4.79 Å². The highest BCUT2D eigenvalue weighted by Crippen LogP contribution is 2.22. The molecule has 8 nitrogen and oxygen atoms in total. The molecule has 0 radical (unpaired) electrons. The van der Waals surface area contributed by atoms with E-state index < -0.39 is 0 Å². The fraction of sp³-hybridized carbons (Fsp3) is 0.0556. The molecule has 26 heavy (non-hydrogen) atoms. The lowest BCUT2D eigenvalue weighted by molar-refractivity contribution is 0.102. The molecule has 8 heteroatoms. The van der Waals surface area contributed by atoms with Crippen molar-refractivity contribution in [3.8, 4) is 5.75 Å². The molecule has 0 fully saturated rings. The van der Waals surface area contributed by atoms with Crippen LogP contribution in [0.3, 0.4) is 0 Å². The van der Waals surface area contributed by atoms with Crippen LogP contribution in [0.4, 0.5) is 5.82 Å². The number of hydrogen-bond acceptors (Lipinski definition) is 6. The fourth-order valence-electron chi connectivity index (χ4n) is 2.45. The van der Waals surface area contributed by atoms with E-state index in [-0.39, 0.29) is 5.91 Å². The van der Waals surface area contributed by atoms with Crippen molar-refractivity contribution < 1.29 is 9.53 Å². The number of ether oxygens (including phenoxy) is 1. The quantitative estimate of drug-likeness (QED) is 0.596. The number of rotatable bonds is 5. The zero-order valence-corrected chi connectivity index (χ0v) is 13.6. The molecule has 0 aliphatic heterocycles. The Balaban J connectivity index is 1.55. The topological polar surface area (TPSA) is 94.3 Å². The number of amides is 1. The Kier molecular flexibility index (Phi) is 4.21. The van der Waals surface area contributed by atoms with Crippen LogP contribution in [0, 0.1) is 0 Å². The summed E-state index contributed by atoms with van der Waals surface area (Å²) in [6.07, 6.45) is 6.48. The number of carbonyl (C=O) groups excluding carboxylic acids is 1. The Bertz CT molecular complexity index is 1050. The molecule has 1 amide bonds. The van der Waals surface area contributed by atoms with Crippen LogP contribution in [0.2, 0.25) is 0 Å². The van der Waals surface area contributed by atoms with Gasteiger partial charge in [-0.1, -0.05) is 6.07 Å². The molecule has 0 aliphatic rings. The molecule has 0 bridgehead atoms. The van der Waals surface area contributed by atoms with Crippen LogP contribution in [0.1, 0.15) is 16.1 Å². The van der Waals surface area contributed by atoms with E-state index in [1.807, 2.05) is 12.1 Å². The van der Waals surface area contributed by atoms with Gasteiger partial charge in [-0.2, -0.15) is 0 Å². The third kappa shape index (κ3) is 3.20. The number of fused-ring (bicyclic) bond motifs is 1. The van der Waals surface area contributed by atoms with E-state index in [4.69, 9.17) is 4.74 Å². The molecular weight excluding hydrogens is 332 g/mol. The van der Waals surface area contributed by atoms with Gasteiger partial charge in [0.25, 0.3) is 5.91 Å². The number of anilines is 1. The first-order valence-corrected chi connectivity index (χ1v) is 7.88. The van der Waals surface area contributed by atoms with Gasteiger partial charge < -0.3 is 10.1 Å². The molecule has 1 N–H and O–H groups in total. The summed E-state index contributed by atoms with van der Waals surface area (Å²) in [5, 5.41) is 10.5. The van der Waals surface area contributed by atoms with Crippen molar-refractivity contribution in [1.29, 1.82) is 0 Å². The zero-order chi connectivity index (χ0) is 17.8. The summed E-state index contributed by atoms with van der Waals surface area (Å²) in [6.45, 7) is 0.345. The lowest BCUT2D eigenvalue weighted by atomic mass is 10.3. The van der Waals surface area contributed by atoms with Crippen molar-refractivity contribution in [1.82, 2.24) is 24.6 Å². The molecule has 0 saturated carbocycles. The number of nitrogens with zero attached hydrogens (tertiary/aromatic N) is 5. The third-order valence-electron chi connectivity index (χ3n) is 3.71. The average molecular weight is 346 g/mol. The van der Waals surface area contributed by atoms with E-state index in [1.165, 1.54) is 6.33 Å². The minimum Gasteiger partial charge on any atom is -0.485 e. The van der Waals surface area contributed by atoms with E-state index in [0.29, 0.717) is 29.5 Å². The van der Waals surface area contributed by atoms with Gasteiger partial charge >= 0.3 is 0 Å². The largest absolute Gasteiger partial charge is 0.485 e. The summed E-state index contributed by atoms with van der Waals surface area (Å²) in [6, 6.07) is 12.4. The third-order valence-corrected chi connectivity index (χ3v) is 3.71. The maximum absolute atomic E-state index is 12.7. The first-order chi connectivity index (χ1) is 12.8. The standard InChI is InChI=1S/C18H14N6O2/c25-18(14-3-1-5-16-23-21-12-24(14)16)22-17-15(4-2-8-20-17)26-11-13-6-9-19-10-7-13/h1-10,12H,11H2,(H,20,22,25). The normalized spacial score (nSPS) is 10.6. The molecule has 0 unspecified atom stereocenters. The Hall–Kier alpha value is -3.81. The van der Waals surface area contributed by atoms with Gasteiger partial charge in [0.2, 0.25) is 0 Å². The fourth-order valence-corrected chi connectivity index (χ4v) is 2.45. The molecule has 4 aromatic rings. The zero-order valence-electron chi connectivity index (χ0n) is 13.6. The van der Waals surface area contributed by atoms with Crippen LogP contribution in [0.25, 0.3) is 5.65 Å². The highest BCUT2D eigenvalue weighted by Gasteiger charge is 2.14. The van der Waals surface area contributed by atoms with Crippen LogP contribution in [-0.2, 0) is 6.61 Å². The van der Waals surface area contributed by atoms with Gasteiger partial charge in [0.15, 0.2) is 17.2 Å². The smallest absolute Gasteiger partial charge is 0.273 e. The van der Waals surface area contributed by atoms with E-state index >= 15 is 0 Å². The molecule has 128 valence electrons. The van der Waals surface area contributed by atoms with Gasteiger partial charge in [0, 0.05) is 18.6 Å². The molecule has 0 spiro atoms. The maximum Gasteiger partial charge on any atom is 0.273 e. The molecule has 0 aliphatic carbocycles. The molecular formula is C18H14N6O2. The van der Waals surface area contributed by atoms with Gasteiger partial charge in [0.05, 0.1) is 0 Å². The number of pyridine rings is 3. The summed E-state index contributed by atoms with van der Waals surface area (Å²) >= 11 is 0. The van der Waals surface area contributed by atoms with Gasteiger partial charge in [0.1, 0.15) is 18.6 Å². The van der Waals surface area contributed by atoms with Gasteiger partial charge in [-0.3, -0.25) is 14.2 Å². The second-order valence-corrected chi connectivity index (χ2v) is 5.42. The molecule has 4 aromatic heterocycles. The average Bonchev–Trinajstić information content (AvgIpc) is 3.17. The summed E-state index contributed by atoms with van der Waals surface area (Å²) in [7, 11) is 0. The molecule has 4 heterocycles. The van der Waals surface area contributed by atoms with Crippen LogP contribution in [-0.4, -0.2) is 30.5 Å². The SMILES string of the molecule is O=C(Nc1ncccc1OCc1ccncc1)c1cccc2nncn12. The Morgan fingerprint density at radius 1 is 1.08 bits per heavy atom. The van der Waals surface area contributed by atoms with Crippen LogP contribution in [0.15, 0.2) is 67.4 Å². The predicted octanol–water partition coefficient (Wildman–Crippen LogP) is 2.35. The monoisotopic (exact) mass is 346 g/mol. The van der Waals surface area contributed by atoms with E-state index in [2.05, 4.69) is 25.5 Å². The van der Waals surface area contributed by atoms with E-state index in [0.717, 1.165) is 5.56 Å². The molecule has 0 saturated heterocycles. The van der Waals surface area contributed by atoms with Gasteiger partial charge in [-0.05, 0) is 42.0 Å². The lowest BCUT2D eigenvalue weighted by Gasteiger charge is -2.12. The highest BCUT2D eigenvalue weighted by atomic mass is 16.5. The van der Waals surface area contributed by atoms with Crippen LogP contribution < -0.4 is 10.1 Å². The number of carbonyl (C=O) groups is 1. The number of aromatic nitrogens is 5. The number of hydrogen-bond donors (Lipinski definition) is 1.